The molecule has 2 saturated heterocycles. The second kappa shape index (κ2) is 9.32. The standard InChI is InChI=1S/C24H27F3N2O4/c1-17-20(18-5-7-19(8-6-18)33-24(25,26)27)3-2-4-21(17)22(30)29-10-9-23(31,16-29)15-28-11-13-32-14-12-28/h2-8,31H,9-16H2,1H3. The van der Waals surface area contributed by atoms with Crippen molar-refractivity contribution in [2.24, 2.45) is 0 Å². The van der Waals surface area contributed by atoms with Crippen LogP contribution in [-0.2, 0) is 4.74 Å². The lowest BCUT2D eigenvalue weighted by Gasteiger charge is -2.33. The Kier molecular flexibility index (Phi) is 6.65. The lowest BCUT2D eigenvalue weighted by Crippen LogP contribution is -2.49. The van der Waals surface area contributed by atoms with E-state index in [0.29, 0.717) is 43.9 Å². The molecule has 2 aromatic rings. The van der Waals surface area contributed by atoms with Gasteiger partial charge in [0.2, 0.25) is 0 Å². The van der Waals surface area contributed by atoms with Crippen LogP contribution < -0.4 is 4.74 Å². The number of rotatable bonds is 5. The number of β-amino-alcohol motifs (C(OH)–C–C–N with tert-alkyl or cyclic N) is 1. The third kappa shape index (κ3) is 5.66. The molecule has 2 aliphatic heterocycles. The Morgan fingerprint density at radius 1 is 1.12 bits per heavy atom. The van der Waals surface area contributed by atoms with Crippen LogP contribution in [0.1, 0.15) is 22.3 Å². The van der Waals surface area contributed by atoms with Crippen LogP contribution in [0.4, 0.5) is 13.2 Å². The number of nitrogens with zero attached hydrogens (tertiary/aromatic N) is 2. The largest absolute Gasteiger partial charge is 0.573 e. The van der Waals surface area contributed by atoms with E-state index in [1.807, 2.05) is 13.0 Å². The Hall–Kier alpha value is -2.62. The predicted octanol–water partition coefficient (Wildman–Crippen LogP) is 3.47. The summed E-state index contributed by atoms with van der Waals surface area (Å²) in [5.74, 6) is -0.461. The number of carbonyl (C=O) groups is 1. The minimum absolute atomic E-state index is 0.163. The van der Waals surface area contributed by atoms with Crippen molar-refractivity contribution in [2.75, 3.05) is 45.9 Å². The van der Waals surface area contributed by atoms with Gasteiger partial charge in [-0.2, -0.15) is 0 Å². The first-order valence-corrected chi connectivity index (χ1v) is 10.9. The van der Waals surface area contributed by atoms with Gasteiger partial charge in [-0.3, -0.25) is 9.69 Å². The zero-order valence-corrected chi connectivity index (χ0v) is 18.4. The van der Waals surface area contributed by atoms with Crippen molar-refractivity contribution in [3.63, 3.8) is 0 Å². The summed E-state index contributed by atoms with van der Waals surface area (Å²) in [6, 6.07) is 10.9. The van der Waals surface area contributed by atoms with Crippen LogP contribution >= 0.6 is 0 Å². The molecule has 2 fully saturated rings. The number of carbonyl (C=O) groups excluding carboxylic acids is 1. The number of alkyl halides is 3. The summed E-state index contributed by atoms with van der Waals surface area (Å²) < 4.78 is 46.5. The molecule has 0 saturated carbocycles. The van der Waals surface area contributed by atoms with Gasteiger partial charge in [0.15, 0.2) is 0 Å². The maximum Gasteiger partial charge on any atom is 0.573 e. The number of halogens is 3. The van der Waals surface area contributed by atoms with E-state index in [4.69, 9.17) is 4.74 Å². The molecule has 9 heteroatoms. The number of hydrogen-bond donors (Lipinski definition) is 1. The first kappa shape index (κ1) is 23.5. The molecule has 0 aromatic heterocycles. The maximum absolute atomic E-state index is 13.3. The summed E-state index contributed by atoms with van der Waals surface area (Å²) in [6.45, 7) is 5.88. The summed E-state index contributed by atoms with van der Waals surface area (Å²) >= 11 is 0. The minimum Gasteiger partial charge on any atom is -0.406 e. The van der Waals surface area contributed by atoms with Crippen molar-refractivity contribution >= 4 is 5.91 Å². The van der Waals surface area contributed by atoms with Crippen LogP contribution in [0.25, 0.3) is 11.1 Å². The van der Waals surface area contributed by atoms with E-state index >= 15 is 0 Å². The molecule has 2 aliphatic rings. The summed E-state index contributed by atoms with van der Waals surface area (Å²) in [5, 5.41) is 11.0. The Bertz CT molecular complexity index is 990. The fourth-order valence-electron chi connectivity index (χ4n) is 4.52. The Morgan fingerprint density at radius 2 is 1.82 bits per heavy atom. The number of aliphatic hydroxyl groups is 1. The van der Waals surface area contributed by atoms with Gasteiger partial charge < -0.3 is 19.5 Å². The monoisotopic (exact) mass is 464 g/mol. The highest BCUT2D eigenvalue weighted by molar-refractivity contribution is 5.97. The lowest BCUT2D eigenvalue weighted by atomic mass is 9.95. The third-order valence-electron chi connectivity index (χ3n) is 6.20. The number of amides is 1. The van der Waals surface area contributed by atoms with E-state index in [0.717, 1.165) is 24.2 Å². The van der Waals surface area contributed by atoms with Crippen LogP contribution in [0, 0.1) is 6.92 Å². The van der Waals surface area contributed by atoms with Gasteiger partial charge in [0.25, 0.3) is 5.91 Å². The van der Waals surface area contributed by atoms with Crippen LogP contribution in [0.3, 0.4) is 0 Å². The average molecular weight is 464 g/mol. The molecule has 33 heavy (non-hydrogen) atoms. The molecule has 1 atom stereocenters. The Balaban J connectivity index is 1.47. The van der Waals surface area contributed by atoms with Crippen LogP contribution in [0.2, 0.25) is 0 Å². The number of hydrogen-bond acceptors (Lipinski definition) is 5. The first-order chi connectivity index (χ1) is 15.6. The topological polar surface area (TPSA) is 62.2 Å². The van der Waals surface area contributed by atoms with Crippen LogP contribution in [-0.4, -0.2) is 78.7 Å². The molecule has 6 nitrogen and oxygen atoms in total. The highest BCUT2D eigenvalue weighted by atomic mass is 19.4. The average Bonchev–Trinajstić information content (AvgIpc) is 3.15. The summed E-state index contributed by atoms with van der Waals surface area (Å²) in [4.78, 5) is 17.1. The normalized spacial score (nSPS) is 21.9. The van der Waals surface area contributed by atoms with E-state index in [2.05, 4.69) is 9.64 Å². The van der Waals surface area contributed by atoms with E-state index in [1.54, 1.807) is 17.0 Å². The Labute approximate surface area is 190 Å². The van der Waals surface area contributed by atoms with Crippen molar-refractivity contribution < 1.29 is 32.5 Å². The SMILES string of the molecule is Cc1c(C(=O)N2CCC(O)(CN3CCOCC3)C2)cccc1-c1ccc(OC(F)(F)F)cc1. The fraction of sp³-hybridized carbons (Fsp3) is 0.458. The Morgan fingerprint density at radius 3 is 2.48 bits per heavy atom. The number of morpholine rings is 1. The molecular formula is C24H27F3N2O4. The molecule has 0 bridgehead atoms. The minimum atomic E-state index is -4.75. The van der Waals surface area contributed by atoms with Gasteiger partial charge in [-0.05, 0) is 48.2 Å². The molecule has 178 valence electrons. The summed E-state index contributed by atoms with van der Waals surface area (Å²) in [5.41, 5.74) is 1.73. The molecule has 1 N–H and O–H groups in total. The third-order valence-corrected chi connectivity index (χ3v) is 6.20. The molecule has 1 unspecified atom stereocenters. The van der Waals surface area contributed by atoms with E-state index < -0.39 is 12.0 Å². The molecule has 0 radical (unpaired) electrons. The summed E-state index contributed by atoms with van der Waals surface area (Å²) in [7, 11) is 0. The second-order valence-corrected chi connectivity index (χ2v) is 8.64. The highest BCUT2D eigenvalue weighted by Crippen LogP contribution is 2.31. The van der Waals surface area contributed by atoms with Crippen molar-refractivity contribution in [1.29, 1.82) is 0 Å². The van der Waals surface area contributed by atoms with Gasteiger partial charge >= 0.3 is 6.36 Å². The van der Waals surface area contributed by atoms with Crippen molar-refractivity contribution in [3.05, 3.63) is 53.6 Å². The molecule has 2 aromatic carbocycles. The van der Waals surface area contributed by atoms with Gasteiger partial charge in [-0.15, -0.1) is 13.2 Å². The van der Waals surface area contributed by atoms with Crippen LogP contribution in [0.15, 0.2) is 42.5 Å². The number of benzene rings is 2. The lowest BCUT2D eigenvalue weighted by molar-refractivity contribution is -0.274. The van der Waals surface area contributed by atoms with Gasteiger partial charge in [0.05, 0.1) is 25.4 Å². The number of ether oxygens (including phenoxy) is 2. The molecule has 1 amide bonds. The number of likely N-dealkylation sites (tertiary alicyclic amines) is 1. The molecule has 0 spiro atoms. The van der Waals surface area contributed by atoms with Gasteiger partial charge in [0.1, 0.15) is 5.75 Å². The highest BCUT2D eigenvalue weighted by Gasteiger charge is 2.40. The van der Waals surface area contributed by atoms with Crippen molar-refractivity contribution in [3.8, 4) is 16.9 Å². The summed E-state index contributed by atoms with van der Waals surface area (Å²) in [6.07, 6.45) is -4.24. The van der Waals surface area contributed by atoms with Crippen LogP contribution in [0.5, 0.6) is 5.75 Å². The fourth-order valence-corrected chi connectivity index (χ4v) is 4.52. The van der Waals surface area contributed by atoms with E-state index in [-0.39, 0.29) is 18.2 Å². The van der Waals surface area contributed by atoms with E-state index in [9.17, 15) is 23.1 Å². The molecular weight excluding hydrogens is 437 g/mol. The van der Waals surface area contributed by atoms with Gasteiger partial charge in [0, 0.05) is 31.7 Å². The second-order valence-electron chi connectivity index (χ2n) is 8.64. The van der Waals surface area contributed by atoms with E-state index in [1.165, 1.54) is 24.3 Å². The molecule has 2 heterocycles. The van der Waals surface area contributed by atoms with Gasteiger partial charge in [-0.1, -0.05) is 24.3 Å². The van der Waals surface area contributed by atoms with Gasteiger partial charge in [-0.25, -0.2) is 0 Å². The molecule has 4 rings (SSSR count). The predicted molar refractivity (Wildman–Crippen MR) is 116 cm³/mol. The maximum atomic E-state index is 13.3. The smallest absolute Gasteiger partial charge is 0.406 e. The first-order valence-electron chi connectivity index (χ1n) is 10.9. The van der Waals surface area contributed by atoms with Crippen molar-refractivity contribution in [2.45, 2.75) is 25.3 Å². The zero-order valence-electron chi connectivity index (χ0n) is 18.4. The quantitative estimate of drug-likeness (QED) is 0.735. The molecule has 0 aliphatic carbocycles. The van der Waals surface area contributed by atoms with Crippen molar-refractivity contribution in [1.82, 2.24) is 9.80 Å². The zero-order chi connectivity index (χ0) is 23.6.